The van der Waals surface area contributed by atoms with Crippen LogP contribution < -0.4 is 0 Å². The lowest BCUT2D eigenvalue weighted by Crippen LogP contribution is -2.56. The van der Waals surface area contributed by atoms with Crippen LogP contribution in [0.4, 0.5) is 13.2 Å². The lowest BCUT2D eigenvalue weighted by molar-refractivity contribution is -0.242. The molecule has 8 heteroatoms. The highest BCUT2D eigenvalue weighted by molar-refractivity contribution is 5.80. The van der Waals surface area contributed by atoms with Crippen molar-refractivity contribution in [2.24, 2.45) is 5.41 Å². The molecule has 0 radical (unpaired) electrons. The molecule has 0 aromatic rings. The highest BCUT2D eigenvalue weighted by atomic mass is 19.4. The van der Waals surface area contributed by atoms with Crippen LogP contribution in [-0.4, -0.2) is 53.7 Å². The van der Waals surface area contributed by atoms with Crippen molar-refractivity contribution in [3.8, 4) is 0 Å². The molecule has 0 spiro atoms. The molecular weight excluding hydrogens is 301 g/mol. The average molecular weight is 322 g/mol. The van der Waals surface area contributed by atoms with Gasteiger partial charge >= 0.3 is 12.1 Å². The van der Waals surface area contributed by atoms with Crippen LogP contribution in [0.2, 0.25) is 0 Å². The third-order valence-electron chi connectivity index (χ3n) is 4.29. The highest BCUT2D eigenvalue weighted by Crippen LogP contribution is 2.37. The normalized spacial score (nSPS) is 26.9. The summed E-state index contributed by atoms with van der Waals surface area (Å²) in [6, 6.07) is 0.122. The monoisotopic (exact) mass is 322 g/mol. The number of piperazine rings is 1. The van der Waals surface area contributed by atoms with Crippen molar-refractivity contribution < 1.29 is 27.6 Å². The Bertz CT molecular complexity index is 451. The summed E-state index contributed by atoms with van der Waals surface area (Å²) < 4.78 is 36.5. The van der Waals surface area contributed by atoms with E-state index in [0.29, 0.717) is 0 Å². The molecule has 1 amide bonds. The minimum Gasteiger partial charge on any atom is -0.360 e. The average Bonchev–Trinajstić information content (AvgIpc) is 2.36. The Labute approximate surface area is 127 Å². The molecule has 0 bridgehead atoms. The van der Waals surface area contributed by atoms with Crippen LogP contribution in [0, 0.1) is 5.41 Å². The zero-order valence-corrected chi connectivity index (χ0v) is 12.8. The molecular formula is C14H21F3N2O3. The van der Waals surface area contributed by atoms with Gasteiger partial charge < -0.3 is 9.74 Å². The van der Waals surface area contributed by atoms with Crippen molar-refractivity contribution in [1.82, 2.24) is 9.96 Å². The van der Waals surface area contributed by atoms with Gasteiger partial charge in [-0.15, -0.1) is 5.06 Å². The Morgan fingerprint density at radius 3 is 2.55 bits per heavy atom. The summed E-state index contributed by atoms with van der Waals surface area (Å²) in [4.78, 5) is 28.9. The van der Waals surface area contributed by atoms with Crippen LogP contribution >= 0.6 is 0 Å². The summed E-state index contributed by atoms with van der Waals surface area (Å²) in [7, 11) is 0. The molecule has 0 aromatic carbocycles. The van der Waals surface area contributed by atoms with Gasteiger partial charge in [-0.1, -0.05) is 20.3 Å². The molecule has 1 aliphatic heterocycles. The lowest BCUT2D eigenvalue weighted by atomic mass is 9.74. The molecule has 0 aromatic heterocycles. The van der Waals surface area contributed by atoms with E-state index < -0.39 is 12.1 Å². The summed E-state index contributed by atoms with van der Waals surface area (Å²) >= 11 is 0. The quantitative estimate of drug-likeness (QED) is 0.781. The molecule has 2 rings (SSSR count). The standard InChI is InChI=1S/C14H21F3N2O3/c1-13(2)5-3-4-10(8-13)19-7-6-18(9-11(19)20)22-12(21)14(15,16)17/h10H,3-9H2,1-2H3. The second-order valence-electron chi connectivity index (χ2n) is 6.74. The van der Waals surface area contributed by atoms with Crippen LogP contribution in [0.5, 0.6) is 0 Å². The van der Waals surface area contributed by atoms with E-state index in [1.54, 1.807) is 4.90 Å². The molecule has 0 N–H and O–H groups in total. The molecule has 1 heterocycles. The molecule has 2 aliphatic rings. The molecule has 1 atom stereocenters. The minimum atomic E-state index is -5.05. The largest absolute Gasteiger partial charge is 0.492 e. The molecule has 1 unspecified atom stereocenters. The number of hydrogen-bond donors (Lipinski definition) is 0. The number of alkyl halides is 3. The second-order valence-corrected chi connectivity index (χ2v) is 6.74. The van der Waals surface area contributed by atoms with E-state index in [1.165, 1.54) is 0 Å². The Hall–Kier alpha value is -1.31. The van der Waals surface area contributed by atoms with Gasteiger partial charge in [0, 0.05) is 12.6 Å². The van der Waals surface area contributed by atoms with Crippen LogP contribution in [0.15, 0.2) is 0 Å². The molecule has 126 valence electrons. The van der Waals surface area contributed by atoms with Crippen LogP contribution in [0.1, 0.15) is 39.5 Å². The fourth-order valence-electron chi connectivity index (χ4n) is 3.22. The van der Waals surface area contributed by atoms with Crippen molar-refractivity contribution in [2.75, 3.05) is 19.6 Å². The molecule has 1 aliphatic carbocycles. The third kappa shape index (κ3) is 4.12. The van der Waals surface area contributed by atoms with Gasteiger partial charge in [0.05, 0.1) is 6.54 Å². The van der Waals surface area contributed by atoms with Gasteiger partial charge in [0.25, 0.3) is 0 Å². The lowest BCUT2D eigenvalue weighted by Gasteiger charge is -2.44. The number of hydroxylamine groups is 2. The fraction of sp³-hybridized carbons (Fsp3) is 0.857. The molecule has 5 nitrogen and oxygen atoms in total. The van der Waals surface area contributed by atoms with E-state index in [4.69, 9.17) is 0 Å². The predicted octanol–water partition coefficient (Wildman–Crippen LogP) is 2.12. The second kappa shape index (κ2) is 6.06. The van der Waals surface area contributed by atoms with E-state index in [2.05, 4.69) is 18.7 Å². The minimum absolute atomic E-state index is 0.102. The Balaban J connectivity index is 1.90. The highest BCUT2D eigenvalue weighted by Gasteiger charge is 2.44. The van der Waals surface area contributed by atoms with Crippen molar-refractivity contribution in [3.63, 3.8) is 0 Å². The van der Waals surface area contributed by atoms with Gasteiger partial charge in [0.15, 0.2) is 0 Å². The zero-order chi connectivity index (χ0) is 16.5. The summed E-state index contributed by atoms with van der Waals surface area (Å²) in [6.45, 7) is 4.38. The maximum Gasteiger partial charge on any atom is 0.492 e. The van der Waals surface area contributed by atoms with Crippen molar-refractivity contribution in [3.05, 3.63) is 0 Å². The first-order valence-electron chi connectivity index (χ1n) is 7.42. The number of amides is 1. The van der Waals surface area contributed by atoms with Crippen molar-refractivity contribution in [1.29, 1.82) is 0 Å². The topological polar surface area (TPSA) is 49.9 Å². The number of rotatable bonds is 2. The fourth-order valence-corrected chi connectivity index (χ4v) is 3.22. The van der Waals surface area contributed by atoms with Gasteiger partial charge in [-0.05, 0) is 24.7 Å². The maximum absolute atomic E-state index is 12.2. The van der Waals surface area contributed by atoms with Gasteiger partial charge in [0.1, 0.15) is 6.54 Å². The third-order valence-corrected chi connectivity index (χ3v) is 4.29. The number of carbonyl (C=O) groups excluding carboxylic acids is 2. The number of halogens is 3. The van der Waals surface area contributed by atoms with E-state index in [1.807, 2.05) is 0 Å². The maximum atomic E-state index is 12.2. The number of carbonyl (C=O) groups is 2. The number of hydrogen-bond acceptors (Lipinski definition) is 4. The van der Waals surface area contributed by atoms with Crippen molar-refractivity contribution >= 4 is 11.9 Å². The number of nitrogens with zero attached hydrogens (tertiary/aromatic N) is 2. The Morgan fingerprint density at radius 1 is 1.32 bits per heavy atom. The van der Waals surface area contributed by atoms with Crippen LogP contribution in [0.3, 0.4) is 0 Å². The van der Waals surface area contributed by atoms with Crippen LogP contribution in [0.25, 0.3) is 0 Å². The zero-order valence-electron chi connectivity index (χ0n) is 12.8. The summed E-state index contributed by atoms with van der Waals surface area (Å²) in [5, 5.41) is 0.794. The first kappa shape index (κ1) is 17.1. The predicted molar refractivity (Wildman–Crippen MR) is 71.5 cm³/mol. The molecule has 2 fully saturated rings. The molecule has 1 saturated carbocycles. The summed E-state index contributed by atoms with van der Waals surface area (Å²) in [5.41, 5.74) is 0.170. The van der Waals surface area contributed by atoms with E-state index >= 15 is 0 Å². The Morgan fingerprint density at radius 2 is 2.00 bits per heavy atom. The summed E-state index contributed by atoms with van der Waals surface area (Å²) in [6.07, 6.45) is -1.10. The first-order valence-corrected chi connectivity index (χ1v) is 7.42. The van der Waals surface area contributed by atoms with Gasteiger partial charge in [-0.2, -0.15) is 13.2 Å². The van der Waals surface area contributed by atoms with E-state index in [0.717, 1.165) is 30.7 Å². The van der Waals surface area contributed by atoms with Crippen LogP contribution in [-0.2, 0) is 14.4 Å². The SMILES string of the molecule is CC1(C)CCCC(N2CCN(OC(=O)C(F)(F)F)CC2=O)C1. The Kier molecular flexibility index (Phi) is 4.70. The summed E-state index contributed by atoms with van der Waals surface area (Å²) in [5.74, 6) is -2.57. The van der Waals surface area contributed by atoms with Gasteiger partial charge in [-0.3, -0.25) is 4.79 Å². The smallest absolute Gasteiger partial charge is 0.360 e. The van der Waals surface area contributed by atoms with E-state index in [-0.39, 0.29) is 37.0 Å². The molecule has 22 heavy (non-hydrogen) atoms. The van der Waals surface area contributed by atoms with Gasteiger partial charge in [-0.25, -0.2) is 4.79 Å². The van der Waals surface area contributed by atoms with Crippen molar-refractivity contribution in [2.45, 2.75) is 51.7 Å². The van der Waals surface area contributed by atoms with E-state index in [9.17, 15) is 22.8 Å². The first-order chi connectivity index (χ1) is 10.1. The molecule has 1 saturated heterocycles. The van der Waals surface area contributed by atoms with Gasteiger partial charge in [0.2, 0.25) is 5.91 Å².